The molecule has 0 aliphatic carbocycles. The number of rotatable bonds is 27. The zero-order valence-corrected chi connectivity index (χ0v) is 30.7. The van der Waals surface area contributed by atoms with E-state index in [0.29, 0.717) is 17.8 Å². The van der Waals surface area contributed by atoms with Crippen molar-refractivity contribution in [2.45, 2.75) is 178 Å². The smallest absolute Gasteiger partial charge is 0.0657 e. The highest BCUT2D eigenvalue weighted by atomic mass is 16.5. The first-order valence-corrected chi connectivity index (χ1v) is 18.4. The van der Waals surface area contributed by atoms with Crippen molar-refractivity contribution in [1.29, 1.82) is 0 Å². The number of hydrogen-bond acceptors (Lipinski definition) is 1. The van der Waals surface area contributed by atoms with Gasteiger partial charge in [-0.2, -0.15) is 0 Å². The van der Waals surface area contributed by atoms with E-state index < -0.39 is 0 Å². The maximum absolute atomic E-state index is 5.49. The second-order valence-corrected chi connectivity index (χ2v) is 15.6. The van der Waals surface area contributed by atoms with Gasteiger partial charge in [-0.3, -0.25) is 0 Å². The van der Waals surface area contributed by atoms with Crippen LogP contribution in [-0.4, -0.2) is 12.7 Å². The third kappa shape index (κ3) is 26.8. The second-order valence-electron chi connectivity index (χ2n) is 15.6. The van der Waals surface area contributed by atoms with Crippen LogP contribution in [0.1, 0.15) is 172 Å². The van der Waals surface area contributed by atoms with Gasteiger partial charge in [0, 0.05) is 7.11 Å². The van der Waals surface area contributed by atoms with E-state index in [4.69, 9.17) is 4.74 Å². The van der Waals surface area contributed by atoms with Gasteiger partial charge in [0.05, 0.1) is 5.60 Å². The minimum absolute atomic E-state index is 0.0635. The summed E-state index contributed by atoms with van der Waals surface area (Å²) in [5, 5.41) is 0. The first kappa shape index (κ1) is 41.2. The maximum atomic E-state index is 5.49. The lowest BCUT2D eigenvalue weighted by Gasteiger charge is -2.20. The molecule has 248 valence electrons. The van der Waals surface area contributed by atoms with Crippen LogP contribution in [0.5, 0.6) is 0 Å². The Bertz CT molecular complexity index is 683. The summed E-state index contributed by atoms with van der Waals surface area (Å²) in [7, 11) is 1.79. The molecule has 0 heterocycles. The summed E-state index contributed by atoms with van der Waals surface area (Å²) in [6, 6.07) is 0. The fraction of sp³-hybridized carbons (Fsp3) is 0.854. The van der Waals surface area contributed by atoms with Gasteiger partial charge in [-0.15, -0.1) is 0 Å². The third-order valence-corrected chi connectivity index (χ3v) is 9.44. The average molecular weight is 587 g/mol. The Labute approximate surface area is 266 Å². The van der Waals surface area contributed by atoms with Gasteiger partial charge >= 0.3 is 0 Å². The lowest BCUT2D eigenvalue weighted by molar-refractivity contribution is 0.0254. The molecule has 6 atom stereocenters. The lowest BCUT2D eigenvalue weighted by Crippen LogP contribution is -2.20. The molecule has 1 heteroatoms. The van der Waals surface area contributed by atoms with Crippen LogP contribution in [0.15, 0.2) is 36.5 Å². The van der Waals surface area contributed by atoms with E-state index in [1.165, 1.54) is 83.5 Å². The molecule has 0 bridgehead atoms. The van der Waals surface area contributed by atoms with Crippen molar-refractivity contribution in [3.8, 4) is 0 Å². The van der Waals surface area contributed by atoms with Crippen molar-refractivity contribution in [2.75, 3.05) is 7.11 Å². The van der Waals surface area contributed by atoms with E-state index in [1.807, 2.05) is 0 Å². The fourth-order valence-electron chi connectivity index (χ4n) is 5.87. The summed E-state index contributed by atoms with van der Waals surface area (Å²) in [5.74, 6) is 5.50. The first-order chi connectivity index (χ1) is 19.8. The molecule has 0 spiro atoms. The molecule has 1 nitrogen and oxygen atoms in total. The molecular weight excluding hydrogens is 508 g/mol. The van der Waals surface area contributed by atoms with E-state index >= 15 is 0 Å². The molecule has 0 N–H and O–H groups in total. The van der Waals surface area contributed by atoms with E-state index in [9.17, 15) is 0 Å². The number of ether oxygens (including phenoxy) is 1. The van der Waals surface area contributed by atoms with Crippen LogP contribution in [-0.2, 0) is 4.74 Å². The van der Waals surface area contributed by atoms with Crippen molar-refractivity contribution in [1.82, 2.24) is 0 Å². The average Bonchev–Trinajstić information content (AvgIpc) is 2.91. The summed E-state index contributed by atoms with van der Waals surface area (Å²) < 4.78 is 5.49. The van der Waals surface area contributed by atoms with E-state index in [2.05, 4.69) is 106 Å². The highest BCUT2D eigenvalue weighted by Gasteiger charge is 2.13. The molecule has 0 fully saturated rings. The zero-order valence-electron chi connectivity index (χ0n) is 30.7. The predicted molar refractivity (Wildman–Crippen MR) is 192 cm³/mol. The number of hydrogen-bond donors (Lipinski definition) is 0. The Balaban J connectivity index is 3.86. The quantitative estimate of drug-likeness (QED) is 0.0687. The molecule has 0 aliphatic rings. The van der Waals surface area contributed by atoms with Crippen LogP contribution in [0, 0.1) is 41.4 Å². The summed E-state index contributed by atoms with van der Waals surface area (Å²) in [5.41, 5.74) is -0.0635. The maximum Gasteiger partial charge on any atom is 0.0657 e. The topological polar surface area (TPSA) is 9.23 Å². The Hall–Kier alpha value is -0.820. The minimum atomic E-state index is -0.0635. The Kier molecular flexibility index (Phi) is 25.0. The van der Waals surface area contributed by atoms with Gasteiger partial charge in [0.25, 0.3) is 0 Å². The standard InChI is InChI=1S/C41H78O/c1-34(2)20-14-23-37(5)26-17-29-38(6)27-15-24-35(3)21-12-13-22-36(4)25-16-28-39(7)30-18-31-40(8)32-19-33-41(9,10)42-11/h16,18-19,25,30,32,34-40H,12-15,17,20-24,26-29,31,33H2,1-11H3/b25-16-,30-18+,32-19-/t35-,36+,37-,38-,39-,40-/m1/s1. The Morgan fingerprint density at radius 2 is 0.857 bits per heavy atom. The van der Waals surface area contributed by atoms with E-state index in [0.717, 1.165) is 42.9 Å². The van der Waals surface area contributed by atoms with Gasteiger partial charge in [0.1, 0.15) is 0 Å². The molecule has 0 saturated carbocycles. The molecule has 0 unspecified atom stereocenters. The molecule has 42 heavy (non-hydrogen) atoms. The van der Waals surface area contributed by atoms with E-state index in [1.54, 1.807) is 7.11 Å². The van der Waals surface area contributed by atoms with Gasteiger partial charge < -0.3 is 4.74 Å². The molecule has 0 aromatic heterocycles. The molecule has 0 radical (unpaired) electrons. The second kappa shape index (κ2) is 25.5. The lowest BCUT2D eigenvalue weighted by atomic mass is 9.90. The monoisotopic (exact) mass is 587 g/mol. The zero-order chi connectivity index (χ0) is 31.8. The van der Waals surface area contributed by atoms with Crippen molar-refractivity contribution >= 4 is 0 Å². The highest BCUT2D eigenvalue weighted by molar-refractivity contribution is 4.98. The van der Waals surface area contributed by atoms with Crippen molar-refractivity contribution in [3.05, 3.63) is 36.5 Å². The molecule has 0 amide bonds. The van der Waals surface area contributed by atoms with Gasteiger partial charge in [0.2, 0.25) is 0 Å². The molecular formula is C41H78O. The molecule has 0 aliphatic heterocycles. The van der Waals surface area contributed by atoms with Crippen LogP contribution in [0.2, 0.25) is 0 Å². The van der Waals surface area contributed by atoms with Crippen molar-refractivity contribution < 1.29 is 4.74 Å². The first-order valence-electron chi connectivity index (χ1n) is 18.4. The molecule has 0 saturated heterocycles. The number of methoxy groups -OCH3 is 1. The number of unbranched alkanes of at least 4 members (excludes halogenated alkanes) is 1. The van der Waals surface area contributed by atoms with Crippen LogP contribution in [0.25, 0.3) is 0 Å². The Morgan fingerprint density at radius 1 is 0.476 bits per heavy atom. The summed E-state index contributed by atoms with van der Waals surface area (Å²) in [6.45, 7) is 23.5. The molecule has 0 aromatic carbocycles. The fourth-order valence-corrected chi connectivity index (χ4v) is 5.87. The van der Waals surface area contributed by atoms with Gasteiger partial charge in [-0.1, -0.05) is 169 Å². The summed E-state index contributed by atoms with van der Waals surface area (Å²) in [6.07, 6.45) is 35.9. The van der Waals surface area contributed by atoms with Gasteiger partial charge in [-0.25, -0.2) is 0 Å². The highest BCUT2D eigenvalue weighted by Crippen LogP contribution is 2.24. The predicted octanol–water partition coefficient (Wildman–Crippen LogP) is 13.8. The minimum Gasteiger partial charge on any atom is -0.378 e. The van der Waals surface area contributed by atoms with Crippen molar-refractivity contribution in [3.63, 3.8) is 0 Å². The Morgan fingerprint density at radius 3 is 1.31 bits per heavy atom. The molecule has 0 aromatic rings. The van der Waals surface area contributed by atoms with E-state index in [-0.39, 0.29) is 5.60 Å². The van der Waals surface area contributed by atoms with Crippen LogP contribution < -0.4 is 0 Å². The SMILES string of the molecule is COC(C)(C)C/C=C\[C@H](C)C/C=C/[C@H](C)C/C=C\[C@@H](C)CCCC[C@@H](C)CCC[C@@H](C)CCC[C@H](C)CCCC(C)C. The van der Waals surface area contributed by atoms with Gasteiger partial charge in [0.15, 0.2) is 0 Å². The summed E-state index contributed by atoms with van der Waals surface area (Å²) >= 11 is 0. The van der Waals surface area contributed by atoms with Crippen LogP contribution in [0.4, 0.5) is 0 Å². The van der Waals surface area contributed by atoms with Crippen LogP contribution in [0.3, 0.4) is 0 Å². The molecule has 0 rings (SSSR count). The normalized spacial score (nSPS) is 17.4. The number of allylic oxidation sites excluding steroid dienone is 5. The third-order valence-electron chi connectivity index (χ3n) is 9.44. The van der Waals surface area contributed by atoms with Crippen LogP contribution >= 0.6 is 0 Å². The van der Waals surface area contributed by atoms with Gasteiger partial charge in [-0.05, 0) is 81.0 Å². The largest absolute Gasteiger partial charge is 0.378 e. The van der Waals surface area contributed by atoms with Crippen molar-refractivity contribution in [2.24, 2.45) is 41.4 Å². The summed E-state index contributed by atoms with van der Waals surface area (Å²) in [4.78, 5) is 0.